The van der Waals surface area contributed by atoms with E-state index in [4.69, 9.17) is 0 Å². The molecule has 1 aromatic carbocycles. The molecule has 1 fully saturated rings. The molecule has 1 aliphatic rings. The minimum absolute atomic E-state index is 0.144. The van der Waals surface area contributed by atoms with Gasteiger partial charge >= 0.3 is 0 Å². The van der Waals surface area contributed by atoms with Crippen molar-refractivity contribution in [3.8, 4) is 0 Å². The first-order valence-electron chi connectivity index (χ1n) is 11.0. The molecular weight excluding hydrogens is 420 g/mol. The zero-order chi connectivity index (χ0) is 22.5. The third-order valence-corrected chi connectivity index (χ3v) is 6.96. The van der Waals surface area contributed by atoms with Gasteiger partial charge in [-0.3, -0.25) is 19.5 Å². The average molecular weight is 449 g/mol. The second-order valence-corrected chi connectivity index (χ2v) is 9.27. The molecule has 2 aromatic heterocycles. The second-order valence-electron chi connectivity index (χ2n) is 8.32. The molecule has 0 aliphatic heterocycles. The smallest absolute Gasteiger partial charge is 0.279 e. The molecule has 32 heavy (non-hydrogen) atoms. The summed E-state index contributed by atoms with van der Waals surface area (Å²) in [4.78, 5) is 38.2. The summed E-state index contributed by atoms with van der Waals surface area (Å²) in [5, 5.41) is 5.21. The van der Waals surface area contributed by atoms with Crippen LogP contribution in [0.5, 0.6) is 0 Å². The van der Waals surface area contributed by atoms with Crippen molar-refractivity contribution >= 4 is 28.8 Å². The van der Waals surface area contributed by atoms with E-state index in [1.165, 1.54) is 36.3 Å². The van der Waals surface area contributed by atoms with Crippen molar-refractivity contribution in [1.29, 1.82) is 0 Å². The van der Waals surface area contributed by atoms with E-state index in [1.807, 2.05) is 49.6 Å². The molecule has 1 atom stereocenters. The van der Waals surface area contributed by atoms with Crippen LogP contribution in [-0.2, 0) is 4.79 Å². The van der Waals surface area contributed by atoms with Gasteiger partial charge in [-0.25, -0.2) is 4.98 Å². The normalized spacial score (nSPS) is 15.2. The SMILES string of the molecule is Cc1cccc(N(C(=O)c2cnccn2)[C@H](C(=O)NC2CCCCC2)c2sccc2C)c1. The van der Waals surface area contributed by atoms with Gasteiger partial charge in [0.1, 0.15) is 5.69 Å². The molecule has 1 saturated carbocycles. The van der Waals surface area contributed by atoms with Crippen LogP contribution in [0.25, 0.3) is 0 Å². The quantitative estimate of drug-likeness (QED) is 0.576. The van der Waals surface area contributed by atoms with Crippen molar-refractivity contribution in [1.82, 2.24) is 15.3 Å². The van der Waals surface area contributed by atoms with Crippen LogP contribution in [-0.4, -0.2) is 27.8 Å². The first-order valence-corrected chi connectivity index (χ1v) is 11.9. The van der Waals surface area contributed by atoms with Crippen molar-refractivity contribution in [2.75, 3.05) is 4.90 Å². The molecule has 4 rings (SSSR count). The van der Waals surface area contributed by atoms with E-state index in [0.717, 1.165) is 41.7 Å². The Morgan fingerprint density at radius 1 is 1.12 bits per heavy atom. The number of hydrogen-bond acceptors (Lipinski definition) is 5. The number of hydrogen-bond donors (Lipinski definition) is 1. The maximum Gasteiger partial charge on any atom is 0.279 e. The number of amides is 2. The Bertz CT molecular complexity index is 1080. The van der Waals surface area contributed by atoms with Crippen molar-refractivity contribution in [2.45, 2.75) is 58.0 Å². The van der Waals surface area contributed by atoms with E-state index < -0.39 is 6.04 Å². The summed E-state index contributed by atoms with van der Waals surface area (Å²) in [6.07, 6.45) is 9.87. The number of thiophene rings is 1. The lowest BCUT2D eigenvalue weighted by Crippen LogP contribution is -2.47. The van der Waals surface area contributed by atoms with Crippen LogP contribution >= 0.6 is 11.3 Å². The molecule has 2 amide bonds. The molecule has 166 valence electrons. The standard InChI is InChI=1S/C25H28N4O2S/c1-17-7-6-10-20(15-17)29(25(31)21-16-26-12-13-27-21)22(23-18(2)11-14-32-23)24(30)28-19-8-4-3-5-9-19/h6-7,10-16,19,22H,3-5,8-9H2,1-2H3,(H,28,30)/t22-/m0/s1. The van der Waals surface area contributed by atoms with Gasteiger partial charge in [-0.2, -0.15) is 0 Å². The Kier molecular flexibility index (Phi) is 6.95. The molecule has 1 N–H and O–H groups in total. The maximum absolute atomic E-state index is 13.8. The van der Waals surface area contributed by atoms with Crippen LogP contribution in [0.3, 0.4) is 0 Å². The van der Waals surface area contributed by atoms with E-state index in [0.29, 0.717) is 5.69 Å². The highest BCUT2D eigenvalue weighted by Gasteiger charge is 2.36. The second kappa shape index (κ2) is 10.0. The molecule has 7 heteroatoms. The Labute approximate surface area is 192 Å². The Balaban J connectivity index is 1.79. The first kappa shape index (κ1) is 22.1. The largest absolute Gasteiger partial charge is 0.351 e. The van der Waals surface area contributed by atoms with Gasteiger partial charge in [-0.05, 0) is 61.4 Å². The highest BCUT2D eigenvalue weighted by Crippen LogP contribution is 2.35. The Morgan fingerprint density at radius 2 is 1.94 bits per heavy atom. The van der Waals surface area contributed by atoms with Gasteiger partial charge in [0.15, 0.2) is 6.04 Å². The summed E-state index contributed by atoms with van der Waals surface area (Å²) >= 11 is 1.50. The summed E-state index contributed by atoms with van der Waals surface area (Å²) in [6, 6.07) is 9.02. The number of carbonyl (C=O) groups excluding carboxylic acids is 2. The van der Waals surface area contributed by atoms with E-state index >= 15 is 0 Å². The summed E-state index contributed by atoms with van der Waals surface area (Å²) in [6.45, 7) is 3.95. The number of rotatable bonds is 6. The molecule has 0 radical (unpaired) electrons. The maximum atomic E-state index is 13.8. The highest BCUT2D eigenvalue weighted by atomic mass is 32.1. The minimum atomic E-state index is -0.784. The molecule has 0 bridgehead atoms. The number of aromatic nitrogens is 2. The monoisotopic (exact) mass is 448 g/mol. The van der Waals surface area contributed by atoms with Crippen LogP contribution in [0.4, 0.5) is 5.69 Å². The number of anilines is 1. The van der Waals surface area contributed by atoms with Gasteiger partial charge in [-0.1, -0.05) is 31.4 Å². The Hall–Kier alpha value is -3.06. The lowest BCUT2D eigenvalue weighted by atomic mass is 9.95. The van der Waals surface area contributed by atoms with Gasteiger partial charge in [0, 0.05) is 29.0 Å². The summed E-state index contributed by atoms with van der Waals surface area (Å²) in [5.41, 5.74) is 2.87. The summed E-state index contributed by atoms with van der Waals surface area (Å²) in [5.74, 6) is -0.499. The van der Waals surface area contributed by atoms with E-state index in [-0.39, 0.29) is 23.6 Å². The molecular formula is C25H28N4O2S. The number of carbonyl (C=O) groups is 2. The fraction of sp³-hybridized carbons (Fsp3) is 0.360. The van der Waals surface area contributed by atoms with Gasteiger partial charge in [0.2, 0.25) is 5.91 Å². The number of aryl methyl sites for hydroxylation is 2. The van der Waals surface area contributed by atoms with Gasteiger partial charge in [-0.15, -0.1) is 11.3 Å². The fourth-order valence-electron chi connectivity index (χ4n) is 4.24. The molecule has 1 aliphatic carbocycles. The third kappa shape index (κ3) is 4.88. The van der Waals surface area contributed by atoms with Crippen molar-refractivity contribution < 1.29 is 9.59 Å². The first-order chi connectivity index (χ1) is 15.5. The molecule has 0 saturated heterocycles. The van der Waals surface area contributed by atoms with Crippen LogP contribution in [0.2, 0.25) is 0 Å². The van der Waals surface area contributed by atoms with Crippen LogP contribution in [0.1, 0.15) is 64.6 Å². The molecule has 6 nitrogen and oxygen atoms in total. The minimum Gasteiger partial charge on any atom is -0.351 e. The molecule has 0 unspecified atom stereocenters. The predicted molar refractivity (Wildman–Crippen MR) is 127 cm³/mol. The molecule has 2 heterocycles. The van der Waals surface area contributed by atoms with Crippen molar-refractivity contribution in [3.05, 3.63) is 76.0 Å². The lowest BCUT2D eigenvalue weighted by molar-refractivity contribution is -0.123. The third-order valence-electron chi connectivity index (χ3n) is 5.89. The van der Waals surface area contributed by atoms with Crippen LogP contribution in [0, 0.1) is 13.8 Å². The number of nitrogens with zero attached hydrogens (tertiary/aromatic N) is 3. The molecule has 0 spiro atoms. The van der Waals surface area contributed by atoms with E-state index in [1.54, 1.807) is 4.90 Å². The Morgan fingerprint density at radius 3 is 2.59 bits per heavy atom. The van der Waals surface area contributed by atoms with E-state index in [2.05, 4.69) is 15.3 Å². The van der Waals surface area contributed by atoms with Gasteiger partial charge in [0.25, 0.3) is 5.91 Å². The van der Waals surface area contributed by atoms with Crippen LogP contribution in [0.15, 0.2) is 54.3 Å². The van der Waals surface area contributed by atoms with Gasteiger partial charge < -0.3 is 5.32 Å². The summed E-state index contributed by atoms with van der Waals surface area (Å²) in [7, 11) is 0. The van der Waals surface area contributed by atoms with Crippen LogP contribution < -0.4 is 10.2 Å². The van der Waals surface area contributed by atoms with E-state index in [9.17, 15) is 9.59 Å². The molecule has 3 aromatic rings. The highest BCUT2D eigenvalue weighted by molar-refractivity contribution is 7.10. The topological polar surface area (TPSA) is 75.2 Å². The van der Waals surface area contributed by atoms with Crippen molar-refractivity contribution in [3.63, 3.8) is 0 Å². The zero-order valence-corrected chi connectivity index (χ0v) is 19.3. The summed E-state index contributed by atoms with van der Waals surface area (Å²) < 4.78 is 0. The predicted octanol–water partition coefficient (Wildman–Crippen LogP) is 4.99. The number of nitrogens with one attached hydrogen (secondary N) is 1. The van der Waals surface area contributed by atoms with Crippen molar-refractivity contribution in [2.24, 2.45) is 0 Å². The van der Waals surface area contributed by atoms with Gasteiger partial charge in [0.05, 0.1) is 6.20 Å². The number of benzene rings is 1. The average Bonchev–Trinajstić information content (AvgIpc) is 3.23. The zero-order valence-electron chi connectivity index (χ0n) is 18.5. The fourth-order valence-corrected chi connectivity index (χ4v) is 5.25. The lowest BCUT2D eigenvalue weighted by Gasteiger charge is -2.33.